The minimum atomic E-state index is 0.125. The molecule has 0 aliphatic carbocycles. The van der Waals surface area contributed by atoms with Crippen LogP contribution in [0.3, 0.4) is 0 Å². The molecule has 0 spiro atoms. The highest BCUT2D eigenvalue weighted by Gasteiger charge is 2.14. The molecule has 0 amide bonds. The molecule has 0 aromatic rings. The molecule has 144 valence electrons. The molecule has 1 unspecified atom stereocenters. The molecule has 0 radical (unpaired) electrons. The van der Waals surface area contributed by atoms with E-state index in [-0.39, 0.29) is 11.0 Å². The Hall–Kier alpha value is 0.0200. The summed E-state index contributed by atoms with van der Waals surface area (Å²) in [5.41, 5.74) is 0. The standard InChI is InChI=1S/C22H44OS/c1-3-5-7-9-11-12-13-14-16-18-20-21(22(23)24)19-17-15-10-8-6-4-2/h21H,3-20H2,1-2H3,(H,23,24). The Morgan fingerprint density at radius 3 is 1.17 bits per heavy atom. The van der Waals surface area contributed by atoms with Crippen LogP contribution in [0.2, 0.25) is 0 Å². The van der Waals surface area contributed by atoms with Gasteiger partial charge in [0.2, 0.25) is 0 Å². The van der Waals surface area contributed by atoms with Crippen molar-refractivity contribution in [2.75, 3.05) is 0 Å². The molecule has 1 nitrogen and oxygen atoms in total. The van der Waals surface area contributed by atoms with E-state index in [1.807, 2.05) is 0 Å². The number of unbranched alkanes of at least 4 members (excludes halogenated alkanes) is 14. The minimum absolute atomic E-state index is 0.125. The van der Waals surface area contributed by atoms with Crippen molar-refractivity contribution in [2.24, 2.45) is 5.92 Å². The molecule has 0 aliphatic rings. The third-order valence-corrected chi connectivity index (χ3v) is 5.53. The smallest absolute Gasteiger partial charge is 0.188 e. The van der Waals surface area contributed by atoms with Gasteiger partial charge in [0.05, 0.1) is 0 Å². The zero-order valence-corrected chi connectivity index (χ0v) is 17.6. The first-order valence-corrected chi connectivity index (χ1v) is 11.4. The molecule has 0 bridgehead atoms. The maximum atomic E-state index is 11.7. The van der Waals surface area contributed by atoms with Crippen molar-refractivity contribution in [2.45, 2.75) is 129 Å². The maximum absolute atomic E-state index is 11.7. The normalized spacial score (nSPS) is 12.5. The molecule has 0 saturated carbocycles. The van der Waals surface area contributed by atoms with Crippen LogP contribution in [0.1, 0.15) is 129 Å². The van der Waals surface area contributed by atoms with Gasteiger partial charge in [0.1, 0.15) is 0 Å². The first kappa shape index (κ1) is 24.0. The molecular formula is C22H44OS. The summed E-state index contributed by atoms with van der Waals surface area (Å²) in [6, 6.07) is 0. The van der Waals surface area contributed by atoms with Gasteiger partial charge in [-0.25, -0.2) is 0 Å². The zero-order chi connectivity index (χ0) is 17.9. The van der Waals surface area contributed by atoms with Crippen LogP contribution in [-0.4, -0.2) is 5.12 Å². The Kier molecular flexibility index (Phi) is 19.4. The number of thiol groups is 1. The van der Waals surface area contributed by atoms with Crippen LogP contribution in [0.25, 0.3) is 0 Å². The van der Waals surface area contributed by atoms with Gasteiger partial charge < -0.3 is 0 Å². The summed E-state index contributed by atoms with van der Waals surface area (Å²) < 4.78 is 0. The highest BCUT2D eigenvalue weighted by atomic mass is 32.1. The first-order chi connectivity index (χ1) is 11.7. The van der Waals surface area contributed by atoms with Gasteiger partial charge in [-0.15, -0.1) is 12.6 Å². The van der Waals surface area contributed by atoms with E-state index < -0.39 is 0 Å². The van der Waals surface area contributed by atoms with E-state index in [0.717, 1.165) is 12.8 Å². The van der Waals surface area contributed by atoms with Crippen molar-refractivity contribution in [1.29, 1.82) is 0 Å². The Morgan fingerprint density at radius 1 is 0.583 bits per heavy atom. The van der Waals surface area contributed by atoms with E-state index in [2.05, 4.69) is 26.5 Å². The van der Waals surface area contributed by atoms with Crippen LogP contribution in [0, 0.1) is 5.92 Å². The lowest BCUT2D eigenvalue weighted by Gasteiger charge is -2.13. The quantitative estimate of drug-likeness (QED) is 0.183. The topological polar surface area (TPSA) is 17.1 Å². The molecule has 0 heterocycles. The maximum Gasteiger partial charge on any atom is 0.188 e. The average molecular weight is 357 g/mol. The Bertz CT molecular complexity index is 265. The summed E-state index contributed by atoms with van der Waals surface area (Å²) in [5.74, 6) is 0.216. The monoisotopic (exact) mass is 356 g/mol. The lowest BCUT2D eigenvalue weighted by Crippen LogP contribution is -2.09. The molecule has 2 heteroatoms. The van der Waals surface area contributed by atoms with Crippen molar-refractivity contribution in [3.05, 3.63) is 0 Å². The van der Waals surface area contributed by atoms with E-state index in [4.69, 9.17) is 0 Å². The lowest BCUT2D eigenvalue weighted by molar-refractivity contribution is -0.114. The molecule has 0 aromatic heterocycles. The van der Waals surface area contributed by atoms with Gasteiger partial charge in [-0.2, -0.15) is 0 Å². The molecule has 0 fully saturated rings. The second-order valence-electron chi connectivity index (χ2n) is 7.56. The molecule has 0 N–H and O–H groups in total. The highest BCUT2D eigenvalue weighted by Crippen LogP contribution is 2.21. The van der Waals surface area contributed by atoms with E-state index >= 15 is 0 Å². The highest BCUT2D eigenvalue weighted by molar-refractivity contribution is 7.96. The van der Waals surface area contributed by atoms with Crippen molar-refractivity contribution in [3.63, 3.8) is 0 Å². The molecule has 1 atom stereocenters. The van der Waals surface area contributed by atoms with Gasteiger partial charge in [-0.05, 0) is 12.8 Å². The predicted molar refractivity (Wildman–Crippen MR) is 112 cm³/mol. The lowest BCUT2D eigenvalue weighted by atomic mass is 9.95. The third-order valence-electron chi connectivity index (χ3n) is 5.16. The second-order valence-corrected chi connectivity index (χ2v) is 8.00. The molecule has 0 aliphatic heterocycles. The summed E-state index contributed by atoms with van der Waals surface area (Å²) in [6.07, 6.45) is 23.6. The second kappa shape index (κ2) is 19.3. The summed E-state index contributed by atoms with van der Waals surface area (Å²) in [5, 5.41) is 0.125. The number of carbonyl (C=O) groups excluding carboxylic acids is 1. The van der Waals surface area contributed by atoms with Gasteiger partial charge in [-0.3, -0.25) is 4.79 Å². The summed E-state index contributed by atoms with van der Waals surface area (Å²) >= 11 is 4.11. The van der Waals surface area contributed by atoms with Crippen LogP contribution in [0.5, 0.6) is 0 Å². The molecule has 0 rings (SSSR count). The van der Waals surface area contributed by atoms with Gasteiger partial charge in [0.15, 0.2) is 5.12 Å². The van der Waals surface area contributed by atoms with Crippen molar-refractivity contribution < 1.29 is 4.79 Å². The van der Waals surface area contributed by atoms with Gasteiger partial charge in [-0.1, -0.05) is 117 Å². The number of rotatable bonds is 19. The fraction of sp³-hybridized carbons (Fsp3) is 0.955. The summed E-state index contributed by atoms with van der Waals surface area (Å²) in [4.78, 5) is 11.7. The summed E-state index contributed by atoms with van der Waals surface area (Å²) in [7, 11) is 0. The minimum Gasteiger partial charge on any atom is -0.287 e. The first-order valence-electron chi connectivity index (χ1n) is 10.9. The SMILES string of the molecule is CCCCCCCCCCCCC(CCCCCCCC)C(=O)S. The van der Waals surface area contributed by atoms with Crippen LogP contribution in [0.4, 0.5) is 0 Å². The van der Waals surface area contributed by atoms with E-state index in [0.29, 0.717) is 0 Å². The van der Waals surface area contributed by atoms with Crippen molar-refractivity contribution in [1.82, 2.24) is 0 Å². The Labute approximate surface area is 158 Å². The van der Waals surface area contributed by atoms with Gasteiger partial charge in [0, 0.05) is 5.92 Å². The molecular weight excluding hydrogens is 312 g/mol. The van der Waals surface area contributed by atoms with Crippen LogP contribution >= 0.6 is 12.6 Å². The van der Waals surface area contributed by atoms with Crippen LogP contribution in [-0.2, 0) is 4.79 Å². The average Bonchev–Trinajstić information content (AvgIpc) is 2.57. The number of hydrogen-bond donors (Lipinski definition) is 1. The van der Waals surface area contributed by atoms with Crippen LogP contribution in [0.15, 0.2) is 0 Å². The number of carbonyl (C=O) groups is 1. The van der Waals surface area contributed by atoms with E-state index in [1.165, 1.54) is 103 Å². The number of hydrogen-bond acceptors (Lipinski definition) is 1. The van der Waals surface area contributed by atoms with E-state index in [1.54, 1.807) is 0 Å². The van der Waals surface area contributed by atoms with Crippen molar-refractivity contribution >= 4 is 17.7 Å². The third kappa shape index (κ3) is 16.9. The zero-order valence-electron chi connectivity index (χ0n) is 16.7. The fourth-order valence-corrected chi connectivity index (χ4v) is 3.70. The van der Waals surface area contributed by atoms with Crippen molar-refractivity contribution in [3.8, 4) is 0 Å². The fourth-order valence-electron chi connectivity index (χ4n) is 3.44. The molecule has 24 heavy (non-hydrogen) atoms. The largest absolute Gasteiger partial charge is 0.287 e. The Balaban J connectivity index is 3.46. The van der Waals surface area contributed by atoms with Gasteiger partial charge >= 0.3 is 0 Å². The molecule has 0 aromatic carbocycles. The Morgan fingerprint density at radius 2 is 0.875 bits per heavy atom. The van der Waals surface area contributed by atoms with Crippen LogP contribution < -0.4 is 0 Å². The van der Waals surface area contributed by atoms with Gasteiger partial charge in [0.25, 0.3) is 0 Å². The van der Waals surface area contributed by atoms with E-state index in [9.17, 15) is 4.79 Å². The molecule has 0 saturated heterocycles. The summed E-state index contributed by atoms with van der Waals surface area (Å²) in [6.45, 7) is 4.53. The predicted octanol–water partition coefficient (Wildman–Crippen LogP) is 8.12.